The molecule has 0 saturated heterocycles. The van der Waals surface area contributed by atoms with Gasteiger partial charge in [0, 0.05) is 22.3 Å². The summed E-state index contributed by atoms with van der Waals surface area (Å²) in [5, 5.41) is 3.04. The quantitative estimate of drug-likeness (QED) is 0.910. The molecular formula is C10H11BrClNO3S. The van der Waals surface area contributed by atoms with Gasteiger partial charge in [0.05, 0.1) is 11.3 Å². The summed E-state index contributed by atoms with van der Waals surface area (Å²) < 4.78 is 22.3. The number of benzene rings is 1. The molecular weight excluding hydrogens is 330 g/mol. The molecule has 7 heteroatoms. The molecule has 1 aromatic rings. The first-order chi connectivity index (χ1) is 7.79. The average Bonchev–Trinajstić information content (AvgIpc) is 2.15. The lowest BCUT2D eigenvalue weighted by Gasteiger charge is -2.06. The predicted molar refractivity (Wildman–Crippen MR) is 71.2 cm³/mol. The van der Waals surface area contributed by atoms with Crippen LogP contribution in [0.1, 0.15) is 10.4 Å². The van der Waals surface area contributed by atoms with Crippen LogP contribution >= 0.6 is 27.5 Å². The van der Waals surface area contributed by atoms with Crippen molar-refractivity contribution in [3.63, 3.8) is 0 Å². The van der Waals surface area contributed by atoms with Crippen LogP contribution in [-0.2, 0) is 9.84 Å². The summed E-state index contributed by atoms with van der Waals surface area (Å²) in [4.78, 5) is 11.7. The minimum Gasteiger partial charge on any atom is -0.351 e. The molecule has 1 aromatic carbocycles. The third-order valence-electron chi connectivity index (χ3n) is 1.93. The SMILES string of the molecule is CS(=O)(=O)CCNC(=O)c1ccc(Cl)cc1Br. The number of hydrogen-bond acceptors (Lipinski definition) is 3. The third kappa shape index (κ3) is 5.06. The predicted octanol–water partition coefficient (Wildman–Crippen LogP) is 1.88. The van der Waals surface area contributed by atoms with E-state index in [4.69, 9.17) is 11.6 Å². The highest BCUT2D eigenvalue weighted by Gasteiger charge is 2.10. The lowest BCUT2D eigenvalue weighted by atomic mass is 10.2. The molecule has 0 heterocycles. The Morgan fingerprint density at radius 1 is 1.47 bits per heavy atom. The normalized spacial score (nSPS) is 11.2. The smallest absolute Gasteiger partial charge is 0.252 e. The maximum Gasteiger partial charge on any atom is 0.252 e. The fourth-order valence-corrected chi connectivity index (χ4v) is 2.45. The maximum absolute atomic E-state index is 11.7. The van der Waals surface area contributed by atoms with Gasteiger partial charge in [-0.05, 0) is 34.1 Å². The van der Waals surface area contributed by atoms with Gasteiger partial charge in [-0.25, -0.2) is 8.42 Å². The number of amides is 1. The molecule has 1 rings (SSSR count). The Kier molecular flexibility index (Phi) is 4.97. The first kappa shape index (κ1) is 14.5. The third-order valence-corrected chi connectivity index (χ3v) is 3.77. The van der Waals surface area contributed by atoms with Crippen LogP contribution < -0.4 is 5.32 Å². The van der Waals surface area contributed by atoms with Gasteiger partial charge in [-0.15, -0.1) is 0 Å². The van der Waals surface area contributed by atoms with Gasteiger partial charge in [0.15, 0.2) is 0 Å². The molecule has 1 amide bonds. The van der Waals surface area contributed by atoms with Crippen molar-refractivity contribution in [2.24, 2.45) is 0 Å². The maximum atomic E-state index is 11.7. The van der Waals surface area contributed by atoms with Crippen LogP contribution in [0.15, 0.2) is 22.7 Å². The van der Waals surface area contributed by atoms with Crippen molar-refractivity contribution in [3.05, 3.63) is 33.3 Å². The summed E-state index contributed by atoms with van der Waals surface area (Å²) in [7, 11) is -3.07. The van der Waals surface area contributed by atoms with E-state index in [9.17, 15) is 13.2 Å². The monoisotopic (exact) mass is 339 g/mol. The van der Waals surface area contributed by atoms with Crippen molar-refractivity contribution >= 4 is 43.3 Å². The van der Waals surface area contributed by atoms with E-state index in [0.29, 0.717) is 15.1 Å². The minimum absolute atomic E-state index is 0.0794. The van der Waals surface area contributed by atoms with Gasteiger partial charge in [0.2, 0.25) is 0 Å². The van der Waals surface area contributed by atoms with Gasteiger partial charge in [0.25, 0.3) is 5.91 Å². The molecule has 0 aliphatic carbocycles. The zero-order chi connectivity index (χ0) is 13.1. The van der Waals surface area contributed by atoms with Crippen LogP contribution in [0, 0.1) is 0 Å². The van der Waals surface area contributed by atoms with E-state index in [0.717, 1.165) is 6.26 Å². The van der Waals surface area contributed by atoms with E-state index >= 15 is 0 Å². The van der Waals surface area contributed by atoms with Crippen molar-refractivity contribution in [2.45, 2.75) is 0 Å². The topological polar surface area (TPSA) is 63.2 Å². The molecule has 0 bridgehead atoms. The van der Waals surface area contributed by atoms with Gasteiger partial charge >= 0.3 is 0 Å². The largest absolute Gasteiger partial charge is 0.351 e. The highest BCUT2D eigenvalue weighted by atomic mass is 79.9. The van der Waals surface area contributed by atoms with E-state index in [1.165, 1.54) is 0 Å². The molecule has 4 nitrogen and oxygen atoms in total. The number of rotatable bonds is 4. The highest BCUT2D eigenvalue weighted by Crippen LogP contribution is 2.21. The van der Waals surface area contributed by atoms with Crippen molar-refractivity contribution in [1.82, 2.24) is 5.32 Å². The van der Waals surface area contributed by atoms with Crippen LogP contribution in [0.3, 0.4) is 0 Å². The fraction of sp³-hybridized carbons (Fsp3) is 0.300. The number of halogens is 2. The molecule has 17 heavy (non-hydrogen) atoms. The fourth-order valence-electron chi connectivity index (χ4n) is 1.12. The molecule has 0 spiro atoms. The van der Waals surface area contributed by atoms with Crippen molar-refractivity contribution in [1.29, 1.82) is 0 Å². The number of sulfone groups is 1. The summed E-state index contributed by atoms with van der Waals surface area (Å²) in [6, 6.07) is 4.77. The molecule has 0 aromatic heterocycles. The molecule has 0 unspecified atom stereocenters. The molecule has 0 radical (unpaired) electrons. The molecule has 0 aliphatic heterocycles. The summed E-state index contributed by atoms with van der Waals surface area (Å²) in [5.41, 5.74) is 0.419. The van der Waals surface area contributed by atoms with E-state index in [1.54, 1.807) is 18.2 Å². The van der Waals surface area contributed by atoms with Gasteiger partial charge in [0.1, 0.15) is 9.84 Å². The van der Waals surface area contributed by atoms with Crippen molar-refractivity contribution in [3.8, 4) is 0 Å². The second-order valence-electron chi connectivity index (χ2n) is 3.51. The van der Waals surface area contributed by atoms with Crippen LogP contribution in [0.2, 0.25) is 5.02 Å². The second-order valence-corrected chi connectivity index (χ2v) is 7.06. The molecule has 0 saturated carbocycles. The summed E-state index contributed by atoms with van der Waals surface area (Å²) >= 11 is 8.96. The lowest BCUT2D eigenvalue weighted by Crippen LogP contribution is -2.29. The first-order valence-corrected chi connectivity index (χ1v) is 7.94. The van der Waals surface area contributed by atoms with Crippen molar-refractivity contribution < 1.29 is 13.2 Å². The minimum atomic E-state index is -3.07. The number of carbonyl (C=O) groups is 1. The van der Waals surface area contributed by atoms with Crippen LogP contribution in [-0.4, -0.2) is 32.9 Å². The highest BCUT2D eigenvalue weighted by molar-refractivity contribution is 9.10. The Morgan fingerprint density at radius 3 is 2.65 bits per heavy atom. The molecule has 94 valence electrons. The summed E-state index contributed by atoms with van der Waals surface area (Å²) in [6.07, 6.45) is 1.12. The zero-order valence-corrected chi connectivity index (χ0v) is 12.2. The number of nitrogens with one attached hydrogen (secondary N) is 1. The van der Waals surface area contributed by atoms with E-state index < -0.39 is 9.84 Å². The van der Waals surface area contributed by atoms with Gasteiger partial charge < -0.3 is 5.32 Å². The van der Waals surface area contributed by atoms with Gasteiger partial charge in [-0.3, -0.25) is 4.79 Å². The number of carbonyl (C=O) groups excluding carboxylic acids is 1. The van der Waals surface area contributed by atoms with Crippen LogP contribution in [0.25, 0.3) is 0 Å². The first-order valence-electron chi connectivity index (χ1n) is 4.70. The standard InChI is InChI=1S/C10H11BrClNO3S/c1-17(15,16)5-4-13-10(14)8-3-2-7(12)6-9(8)11/h2-3,6H,4-5H2,1H3,(H,13,14). The Labute approximate surface area is 113 Å². The Hall–Kier alpha value is -0.590. The Balaban J connectivity index is 2.65. The molecule has 1 N–H and O–H groups in total. The van der Waals surface area contributed by atoms with E-state index in [-0.39, 0.29) is 18.2 Å². The number of hydrogen-bond donors (Lipinski definition) is 1. The lowest BCUT2D eigenvalue weighted by molar-refractivity contribution is 0.0955. The molecule has 0 aliphatic rings. The second kappa shape index (κ2) is 5.84. The Bertz CT molecular complexity index is 530. The van der Waals surface area contributed by atoms with Gasteiger partial charge in [-0.1, -0.05) is 11.6 Å². The average molecular weight is 341 g/mol. The molecule has 0 atom stereocenters. The van der Waals surface area contributed by atoms with E-state index in [1.807, 2.05) is 0 Å². The zero-order valence-electron chi connectivity index (χ0n) is 9.04. The van der Waals surface area contributed by atoms with Crippen LogP contribution in [0.5, 0.6) is 0 Å². The Morgan fingerprint density at radius 2 is 2.12 bits per heavy atom. The van der Waals surface area contributed by atoms with Gasteiger partial charge in [-0.2, -0.15) is 0 Å². The van der Waals surface area contributed by atoms with Crippen molar-refractivity contribution in [2.75, 3.05) is 18.6 Å². The molecule has 0 fully saturated rings. The summed E-state index contributed by atoms with van der Waals surface area (Å²) in [6.45, 7) is 0.0900. The van der Waals surface area contributed by atoms with Crippen LogP contribution in [0.4, 0.5) is 0 Å². The van der Waals surface area contributed by atoms with E-state index in [2.05, 4.69) is 21.2 Å². The summed E-state index contributed by atoms with van der Waals surface area (Å²) in [5.74, 6) is -0.415.